The molecule has 0 bridgehead atoms. The summed E-state index contributed by atoms with van der Waals surface area (Å²) in [6.45, 7) is -2.33. The van der Waals surface area contributed by atoms with Crippen LogP contribution < -0.4 is 0 Å². The summed E-state index contributed by atoms with van der Waals surface area (Å²) in [5.74, 6) is 0.212. The van der Waals surface area contributed by atoms with Crippen LogP contribution in [-0.4, -0.2) is 14.5 Å². The maximum Gasteiger partial charge on any atom is 0.147 e. The van der Waals surface area contributed by atoms with Gasteiger partial charge in [0.05, 0.1) is 26.9 Å². The van der Waals surface area contributed by atoms with Crippen LogP contribution >= 0.6 is 11.3 Å². The Labute approximate surface area is 297 Å². The molecule has 3 aromatic heterocycles. The van der Waals surface area contributed by atoms with Gasteiger partial charge in [-0.3, -0.25) is 9.55 Å². The van der Waals surface area contributed by atoms with E-state index in [-0.39, 0.29) is 11.0 Å². The number of hydrogen-bond acceptors (Lipinski definition) is 3. The van der Waals surface area contributed by atoms with Crippen molar-refractivity contribution in [1.29, 1.82) is 0 Å². The number of rotatable bonds is 4. The quantitative estimate of drug-likeness (QED) is 0.189. The fraction of sp³-hybridized carbons (Fsp3) is 0.163. The first-order valence-corrected chi connectivity index (χ1v) is 16.4. The van der Waals surface area contributed by atoms with Crippen molar-refractivity contribution in [2.45, 2.75) is 46.7 Å². The fourth-order valence-electron chi connectivity index (χ4n) is 6.51. The van der Waals surface area contributed by atoms with Crippen LogP contribution in [-0.2, 0) is 5.41 Å². The number of para-hydroxylation sites is 1. The summed E-state index contributed by atoms with van der Waals surface area (Å²) < 4.78 is 92.0. The van der Waals surface area contributed by atoms with E-state index in [1.807, 2.05) is 48.5 Å². The minimum absolute atomic E-state index is 0.225. The highest BCUT2D eigenvalue weighted by atomic mass is 32.1. The smallest absolute Gasteiger partial charge is 0.147 e. The predicted octanol–water partition coefficient (Wildman–Crippen LogP) is 12.2. The zero-order chi connectivity index (χ0) is 40.8. The summed E-state index contributed by atoms with van der Waals surface area (Å²) >= 11 is 1.44. The van der Waals surface area contributed by atoms with Crippen molar-refractivity contribution < 1.29 is 16.7 Å². The Bertz CT molecular complexity index is 2830. The molecule has 236 valence electrons. The minimum atomic E-state index is -2.98. The van der Waals surface area contributed by atoms with Crippen LogP contribution in [0.1, 0.15) is 55.4 Å². The van der Waals surface area contributed by atoms with Crippen LogP contribution in [0.5, 0.6) is 0 Å². The molecule has 8 aromatic rings. The SMILES string of the molecule is [2H]C([2H])([2H])c1cc(-c2cnc3c(c2)sc2c(-c4nc5ccc(F)cc5n4-c4c(-c5ccccc5)cccc4C(C)(C)C)cccc23)cc(C([2H])([2H])[2H])c1C([2H])([2H])[2H]. The lowest BCUT2D eigenvalue weighted by atomic mass is 9.83. The van der Waals surface area contributed by atoms with Crippen molar-refractivity contribution >= 4 is 42.7 Å². The number of fused-ring (bicyclic) bond motifs is 4. The lowest BCUT2D eigenvalue weighted by molar-refractivity contribution is 0.587. The van der Waals surface area contributed by atoms with Crippen molar-refractivity contribution in [3.8, 4) is 39.3 Å². The number of thiophene rings is 1. The standard InChI is InChI=1S/C43H36FN3S/c1-25-20-29(21-26(2)27(25)3)30-22-38-39(45-24-30)33-15-10-16-34(41(33)48-38)42-46-36-19-18-31(44)23-37(36)47(42)40-32(28-12-8-7-9-13-28)14-11-17-35(40)43(4,5)6/h7-24H,1-6H3/i1D3,2D3,3D3. The molecule has 0 aliphatic carbocycles. The van der Waals surface area contributed by atoms with E-state index in [9.17, 15) is 0 Å². The summed E-state index contributed by atoms with van der Waals surface area (Å²) in [5.41, 5.74) is 5.13. The Kier molecular flexibility index (Phi) is 5.08. The number of pyridine rings is 1. The largest absolute Gasteiger partial charge is 0.291 e. The first-order valence-electron chi connectivity index (χ1n) is 20.1. The number of halogens is 1. The van der Waals surface area contributed by atoms with E-state index in [0.717, 1.165) is 42.7 Å². The second-order valence-corrected chi connectivity index (χ2v) is 14.1. The van der Waals surface area contributed by atoms with Gasteiger partial charge in [-0.15, -0.1) is 11.3 Å². The molecule has 48 heavy (non-hydrogen) atoms. The molecule has 0 saturated heterocycles. The Morgan fingerprint density at radius 3 is 2.27 bits per heavy atom. The van der Waals surface area contributed by atoms with Gasteiger partial charge in [0.2, 0.25) is 0 Å². The van der Waals surface area contributed by atoms with Gasteiger partial charge in [-0.05, 0) is 83.6 Å². The summed E-state index contributed by atoms with van der Waals surface area (Å²) in [4.78, 5) is 9.98. The summed E-state index contributed by atoms with van der Waals surface area (Å²) in [7, 11) is 0. The second kappa shape index (κ2) is 11.2. The topological polar surface area (TPSA) is 30.7 Å². The zero-order valence-electron chi connectivity index (χ0n) is 35.5. The third-order valence-corrected chi connectivity index (χ3v) is 9.99. The average molecular weight is 655 g/mol. The molecule has 5 heteroatoms. The van der Waals surface area contributed by atoms with E-state index in [0.29, 0.717) is 27.9 Å². The Balaban J connectivity index is 1.40. The normalized spacial score (nSPS) is 15.6. The highest BCUT2D eigenvalue weighted by Gasteiger charge is 2.27. The van der Waals surface area contributed by atoms with Crippen molar-refractivity contribution in [3.05, 3.63) is 137 Å². The predicted molar refractivity (Wildman–Crippen MR) is 201 cm³/mol. The molecule has 0 radical (unpaired) electrons. The van der Waals surface area contributed by atoms with Crippen LogP contribution in [0.4, 0.5) is 4.39 Å². The summed E-state index contributed by atoms with van der Waals surface area (Å²) in [6, 6.07) is 31.0. The minimum Gasteiger partial charge on any atom is -0.291 e. The number of benzene rings is 5. The van der Waals surface area contributed by atoms with Gasteiger partial charge in [-0.1, -0.05) is 93.6 Å². The summed E-state index contributed by atoms with van der Waals surface area (Å²) in [6.07, 6.45) is 1.54. The monoisotopic (exact) mass is 654 g/mol. The van der Waals surface area contributed by atoms with Crippen molar-refractivity contribution in [2.75, 3.05) is 0 Å². The van der Waals surface area contributed by atoms with E-state index in [2.05, 4.69) is 49.6 Å². The second-order valence-electron chi connectivity index (χ2n) is 13.0. The maximum absolute atomic E-state index is 15.2. The number of imidazole rings is 1. The van der Waals surface area contributed by atoms with Crippen LogP contribution in [0.25, 0.3) is 70.7 Å². The van der Waals surface area contributed by atoms with Crippen molar-refractivity contribution in [1.82, 2.24) is 14.5 Å². The molecule has 3 nitrogen and oxygen atoms in total. The zero-order valence-corrected chi connectivity index (χ0v) is 27.3. The van der Waals surface area contributed by atoms with E-state index in [4.69, 9.17) is 22.3 Å². The molecule has 0 unspecified atom stereocenters. The lowest BCUT2D eigenvalue weighted by Gasteiger charge is -2.27. The first-order chi connectivity index (χ1) is 26.7. The molecule has 0 aliphatic rings. The van der Waals surface area contributed by atoms with Gasteiger partial charge in [0.25, 0.3) is 0 Å². The third kappa shape index (κ3) is 4.92. The average Bonchev–Trinajstić information content (AvgIpc) is 3.70. The number of nitrogens with zero attached hydrogens (tertiary/aromatic N) is 3. The molecule has 0 spiro atoms. The van der Waals surface area contributed by atoms with Crippen LogP contribution in [0.15, 0.2) is 109 Å². The van der Waals surface area contributed by atoms with E-state index < -0.39 is 43.1 Å². The molecule has 0 amide bonds. The van der Waals surface area contributed by atoms with Crippen LogP contribution in [0.2, 0.25) is 0 Å². The molecule has 0 aliphatic heterocycles. The van der Waals surface area contributed by atoms with Gasteiger partial charge in [-0.25, -0.2) is 9.37 Å². The fourth-order valence-corrected chi connectivity index (χ4v) is 7.72. The number of aryl methyl sites for hydroxylation is 2. The van der Waals surface area contributed by atoms with E-state index >= 15 is 4.39 Å². The van der Waals surface area contributed by atoms with E-state index in [1.165, 1.54) is 35.6 Å². The molecular weight excluding hydrogens is 610 g/mol. The Morgan fingerprint density at radius 2 is 1.52 bits per heavy atom. The van der Waals surface area contributed by atoms with Gasteiger partial charge in [0, 0.05) is 51.4 Å². The Morgan fingerprint density at radius 1 is 0.750 bits per heavy atom. The van der Waals surface area contributed by atoms with Crippen LogP contribution in [0.3, 0.4) is 0 Å². The summed E-state index contributed by atoms with van der Waals surface area (Å²) in [5, 5.41) is 0.834. The highest BCUT2D eigenvalue weighted by molar-refractivity contribution is 7.26. The maximum atomic E-state index is 15.2. The molecule has 0 N–H and O–H groups in total. The lowest BCUT2D eigenvalue weighted by Crippen LogP contribution is -2.16. The highest BCUT2D eigenvalue weighted by Crippen LogP contribution is 2.44. The molecule has 3 heterocycles. The molecule has 0 fully saturated rings. The van der Waals surface area contributed by atoms with Gasteiger partial charge in [0.15, 0.2) is 0 Å². The van der Waals surface area contributed by atoms with Crippen molar-refractivity contribution in [3.63, 3.8) is 0 Å². The Hall–Kier alpha value is -5.13. The molecule has 0 saturated carbocycles. The van der Waals surface area contributed by atoms with Crippen molar-refractivity contribution in [2.24, 2.45) is 0 Å². The molecule has 5 aromatic carbocycles. The molecule has 0 atom stereocenters. The van der Waals surface area contributed by atoms with Gasteiger partial charge < -0.3 is 0 Å². The molecular formula is C43H36FN3S. The van der Waals surface area contributed by atoms with Gasteiger partial charge in [0.1, 0.15) is 11.6 Å². The third-order valence-electron chi connectivity index (χ3n) is 8.82. The first kappa shape index (κ1) is 21.7. The number of hydrogen-bond donors (Lipinski definition) is 0. The number of aromatic nitrogens is 3. The van der Waals surface area contributed by atoms with Gasteiger partial charge in [-0.2, -0.15) is 0 Å². The van der Waals surface area contributed by atoms with Gasteiger partial charge >= 0.3 is 0 Å². The van der Waals surface area contributed by atoms with E-state index in [1.54, 1.807) is 12.3 Å². The molecule has 8 rings (SSSR count). The van der Waals surface area contributed by atoms with Crippen LogP contribution in [0, 0.1) is 26.4 Å².